The smallest absolute Gasteiger partial charge is 0.210 e. The molecule has 0 bridgehead atoms. The van der Waals surface area contributed by atoms with Gasteiger partial charge < -0.3 is 20.4 Å². The number of fused-ring (bicyclic) bond motifs is 2. The van der Waals surface area contributed by atoms with E-state index in [1.54, 1.807) is 13.3 Å². The highest BCUT2D eigenvalue weighted by molar-refractivity contribution is 5.99. The molecule has 4 rings (SSSR count). The number of nitrogens with two attached hydrogens (primary N) is 1. The molecule has 0 spiro atoms. The van der Waals surface area contributed by atoms with Crippen LogP contribution in [-0.2, 0) is 0 Å². The number of methoxy groups -OCH3 is 1. The minimum Gasteiger partial charge on any atom is -0.497 e. The Labute approximate surface area is 168 Å². The van der Waals surface area contributed by atoms with E-state index in [9.17, 15) is 0 Å². The number of ether oxygens (including phenoxy) is 1. The molecule has 29 heavy (non-hydrogen) atoms. The number of para-hydroxylation sites is 1. The summed E-state index contributed by atoms with van der Waals surface area (Å²) in [5.74, 6) is 1.06. The minimum atomic E-state index is -0.147. The summed E-state index contributed by atoms with van der Waals surface area (Å²) in [6, 6.07) is 13.9. The Balaban J connectivity index is 1.53. The number of aliphatic imine (C=N–C) groups is 1. The van der Waals surface area contributed by atoms with Gasteiger partial charge in [0.25, 0.3) is 0 Å². The van der Waals surface area contributed by atoms with Crippen LogP contribution in [-0.4, -0.2) is 29.3 Å². The molecule has 5 N–H and O–H groups in total. The van der Waals surface area contributed by atoms with Crippen LogP contribution in [0.4, 0.5) is 0 Å². The average Bonchev–Trinajstić information content (AvgIpc) is 3.27. The number of aryl methyl sites for hydroxylation is 1. The van der Waals surface area contributed by atoms with Crippen LogP contribution in [0.2, 0.25) is 0 Å². The van der Waals surface area contributed by atoms with Crippen LogP contribution >= 0.6 is 0 Å². The van der Waals surface area contributed by atoms with E-state index in [0.717, 1.165) is 44.4 Å². The van der Waals surface area contributed by atoms with Crippen molar-refractivity contribution in [2.45, 2.75) is 19.9 Å². The minimum absolute atomic E-state index is 0.147. The van der Waals surface area contributed by atoms with Gasteiger partial charge in [-0.3, -0.25) is 0 Å². The number of hydrogen-bond acceptors (Lipinski definition) is 3. The van der Waals surface area contributed by atoms with Crippen molar-refractivity contribution >= 4 is 34.0 Å². The Hall–Kier alpha value is -3.74. The Bertz CT molecular complexity index is 1220. The highest BCUT2D eigenvalue weighted by Gasteiger charge is 2.15. The van der Waals surface area contributed by atoms with Gasteiger partial charge in [-0.1, -0.05) is 18.2 Å². The van der Waals surface area contributed by atoms with E-state index in [1.165, 1.54) is 0 Å². The van der Waals surface area contributed by atoms with Gasteiger partial charge in [0.2, 0.25) is 5.96 Å². The van der Waals surface area contributed by atoms with E-state index in [1.807, 2.05) is 62.5 Å². The summed E-state index contributed by atoms with van der Waals surface area (Å²) in [5.41, 5.74) is 14.1. The lowest BCUT2D eigenvalue weighted by atomic mass is 10.0. The van der Waals surface area contributed by atoms with Gasteiger partial charge in [-0.15, -0.1) is 0 Å². The maximum absolute atomic E-state index is 6.07. The standard InChI is InChI=1S/C22H24N6O/c1-13-21(18-10-16(29-3)8-9-20(18)26-13)14(2)27-22(23)28-25-12-15-11-24-19-7-5-4-6-17(15)19/h4-12,14,24,26H,1-3H3,(H3,23,27,28)/b25-12+. The molecule has 148 valence electrons. The van der Waals surface area contributed by atoms with Gasteiger partial charge in [0.1, 0.15) is 5.75 Å². The molecule has 0 saturated heterocycles. The molecular formula is C22H24N6O. The number of guanidine groups is 1. The van der Waals surface area contributed by atoms with E-state index in [-0.39, 0.29) is 12.0 Å². The molecule has 0 fully saturated rings. The summed E-state index contributed by atoms with van der Waals surface area (Å²) in [6.45, 7) is 4.04. The SMILES string of the molecule is COc1ccc2[nH]c(C)c(C(C)N=C(N)N/N=C/c3c[nH]c4ccccc34)c2c1. The number of hydrogen-bond donors (Lipinski definition) is 4. The Morgan fingerprint density at radius 3 is 2.83 bits per heavy atom. The fraction of sp³-hybridized carbons (Fsp3) is 0.182. The molecule has 2 aromatic carbocycles. The zero-order chi connectivity index (χ0) is 20.4. The molecule has 4 aromatic rings. The molecule has 1 atom stereocenters. The van der Waals surface area contributed by atoms with Crippen molar-refractivity contribution < 1.29 is 4.74 Å². The molecule has 2 heterocycles. The number of aromatic nitrogens is 2. The lowest BCUT2D eigenvalue weighted by Crippen LogP contribution is -2.27. The lowest BCUT2D eigenvalue weighted by molar-refractivity contribution is 0.415. The first kappa shape index (κ1) is 18.6. The second-order valence-corrected chi connectivity index (χ2v) is 6.93. The van der Waals surface area contributed by atoms with E-state index in [2.05, 4.69) is 25.5 Å². The molecule has 0 radical (unpaired) electrons. The maximum Gasteiger partial charge on any atom is 0.210 e. The van der Waals surface area contributed by atoms with Crippen LogP contribution in [0.5, 0.6) is 5.75 Å². The molecule has 0 aliphatic carbocycles. The quantitative estimate of drug-likeness (QED) is 0.236. The van der Waals surface area contributed by atoms with Crippen LogP contribution in [0.15, 0.2) is 58.8 Å². The summed E-state index contributed by atoms with van der Waals surface area (Å²) in [7, 11) is 1.66. The third kappa shape index (κ3) is 3.67. The molecule has 0 amide bonds. The van der Waals surface area contributed by atoms with Crippen molar-refractivity contribution in [1.82, 2.24) is 15.4 Å². The largest absolute Gasteiger partial charge is 0.497 e. The van der Waals surface area contributed by atoms with E-state index >= 15 is 0 Å². The van der Waals surface area contributed by atoms with Crippen molar-refractivity contribution in [1.29, 1.82) is 0 Å². The van der Waals surface area contributed by atoms with Crippen molar-refractivity contribution in [2.24, 2.45) is 15.8 Å². The number of nitrogens with one attached hydrogen (secondary N) is 3. The normalized spacial score (nSPS) is 13.4. The fourth-order valence-electron chi connectivity index (χ4n) is 3.66. The predicted octanol–water partition coefficient (Wildman–Crippen LogP) is 3.97. The number of rotatable bonds is 5. The van der Waals surface area contributed by atoms with E-state index in [0.29, 0.717) is 0 Å². The Kier molecular flexibility index (Phi) is 4.95. The molecule has 0 aliphatic rings. The average molecular weight is 388 g/mol. The zero-order valence-corrected chi connectivity index (χ0v) is 16.7. The summed E-state index contributed by atoms with van der Waals surface area (Å²) >= 11 is 0. The summed E-state index contributed by atoms with van der Waals surface area (Å²) in [4.78, 5) is 11.2. The number of H-pyrrole nitrogens is 2. The van der Waals surface area contributed by atoms with Gasteiger partial charge in [-0.2, -0.15) is 5.10 Å². The van der Waals surface area contributed by atoms with Crippen LogP contribution in [0.1, 0.15) is 29.8 Å². The van der Waals surface area contributed by atoms with Crippen LogP contribution in [0, 0.1) is 6.92 Å². The van der Waals surface area contributed by atoms with Crippen molar-refractivity contribution in [2.75, 3.05) is 7.11 Å². The summed E-state index contributed by atoms with van der Waals surface area (Å²) in [6.07, 6.45) is 3.64. The molecule has 1 unspecified atom stereocenters. The predicted molar refractivity (Wildman–Crippen MR) is 119 cm³/mol. The van der Waals surface area contributed by atoms with E-state index in [4.69, 9.17) is 10.5 Å². The molecular weight excluding hydrogens is 364 g/mol. The third-order valence-electron chi connectivity index (χ3n) is 5.00. The second-order valence-electron chi connectivity index (χ2n) is 6.93. The highest BCUT2D eigenvalue weighted by Crippen LogP contribution is 2.32. The molecule has 7 nitrogen and oxygen atoms in total. The Morgan fingerprint density at radius 1 is 1.17 bits per heavy atom. The topological polar surface area (TPSA) is 104 Å². The monoisotopic (exact) mass is 388 g/mol. The fourth-order valence-corrected chi connectivity index (χ4v) is 3.66. The molecule has 7 heteroatoms. The molecule has 0 saturated carbocycles. The lowest BCUT2D eigenvalue weighted by Gasteiger charge is -2.09. The Morgan fingerprint density at radius 2 is 2.00 bits per heavy atom. The number of hydrazone groups is 1. The summed E-state index contributed by atoms with van der Waals surface area (Å²) in [5, 5.41) is 6.41. The second kappa shape index (κ2) is 7.71. The number of aromatic amines is 2. The van der Waals surface area contributed by atoms with E-state index < -0.39 is 0 Å². The third-order valence-corrected chi connectivity index (χ3v) is 5.00. The van der Waals surface area contributed by atoms with Crippen molar-refractivity contribution in [3.8, 4) is 5.75 Å². The molecule has 0 aliphatic heterocycles. The zero-order valence-electron chi connectivity index (χ0n) is 16.7. The first-order chi connectivity index (χ1) is 14.1. The van der Waals surface area contributed by atoms with Gasteiger partial charge in [0.15, 0.2) is 0 Å². The van der Waals surface area contributed by atoms with Crippen LogP contribution < -0.4 is 15.9 Å². The van der Waals surface area contributed by atoms with Crippen molar-refractivity contribution in [3.05, 3.63) is 65.5 Å². The van der Waals surface area contributed by atoms with Gasteiger partial charge in [0.05, 0.1) is 19.4 Å². The van der Waals surface area contributed by atoms with Crippen LogP contribution in [0.25, 0.3) is 21.8 Å². The first-order valence-corrected chi connectivity index (χ1v) is 9.41. The first-order valence-electron chi connectivity index (χ1n) is 9.41. The highest BCUT2D eigenvalue weighted by atomic mass is 16.5. The summed E-state index contributed by atoms with van der Waals surface area (Å²) < 4.78 is 5.36. The van der Waals surface area contributed by atoms with Crippen LogP contribution in [0.3, 0.4) is 0 Å². The maximum atomic E-state index is 6.07. The van der Waals surface area contributed by atoms with Gasteiger partial charge >= 0.3 is 0 Å². The number of benzene rings is 2. The van der Waals surface area contributed by atoms with Gasteiger partial charge in [-0.25, -0.2) is 10.4 Å². The molecule has 2 aromatic heterocycles. The van der Waals surface area contributed by atoms with Crippen molar-refractivity contribution in [3.63, 3.8) is 0 Å². The number of nitrogens with zero attached hydrogens (tertiary/aromatic N) is 2. The van der Waals surface area contributed by atoms with Gasteiger partial charge in [-0.05, 0) is 38.1 Å². The van der Waals surface area contributed by atoms with Gasteiger partial charge in [0, 0.05) is 44.8 Å².